The fraction of sp³-hybridized carbons (Fsp3) is 0.136. The number of aromatic carboxylic acids is 1. The summed E-state index contributed by atoms with van der Waals surface area (Å²) in [5.74, 6) is -1.07. The molecule has 0 amide bonds. The summed E-state index contributed by atoms with van der Waals surface area (Å²) >= 11 is 5.90. The van der Waals surface area contributed by atoms with E-state index in [1.807, 2.05) is 0 Å². The number of nitrogens with zero attached hydrogens (tertiary/aromatic N) is 1. The molecular weight excluding hydrogens is 426 g/mol. The normalized spacial score (nSPS) is 12.6. The van der Waals surface area contributed by atoms with Crippen molar-refractivity contribution >= 4 is 27.6 Å². The minimum absolute atomic E-state index is 0.0448. The van der Waals surface area contributed by atoms with Gasteiger partial charge in [-0.2, -0.15) is 4.31 Å². The first-order chi connectivity index (χ1) is 14.3. The van der Waals surface area contributed by atoms with Gasteiger partial charge in [0.25, 0.3) is 0 Å². The van der Waals surface area contributed by atoms with Crippen molar-refractivity contribution in [3.05, 3.63) is 101 Å². The minimum atomic E-state index is -4.00. The van der Waals surface area contributed by atoms with E-state index in [2.05, 4.69) is 0 Å². The summed E-state index contributed by atoms with van der Waals surface area (Å²) in [6.45, 7) is -0.477. The number of carboxylic acids is 1. The van der Waals surface area contributed by atoms with Crippen LogP contribution < -0.4 is 0 Å². The molecule has 0 aliphatic heterocycles. The Bertz CT molecular complexity index is 1100. The number of aliphatic hydroxyl groups excluding tert-OH is 1. The average molecular weight is 446 g/mol. The molecule has 0 bridgehead atoms. The van der Waals surface area contributed by atoms with E-state index in [1.54, 1.807) is 42.5 Å². The van der Waals surface area contributed by atoms with E-state index in [-0.39, 0.29) is 17.0 Å². The lowest BCUT2D eigenvalue weighted by molar-refractivity contribution is 0.0697. The Balaban J connectivity index is 2.05. The molecule has 0 aliphatic rings. The Morgan fingerprint density at radius 1 is 0.933 bits per heavy atom. The number of hydrogen-bond acceptors (Lipinski definition) is 4. The summed E-state index contributed by atoms with van der Waals surface area (Å²) in [7, 11) is -4.00. The fourth-order valence-electron chi connectivity index (χ4n) is 3.08. The number of sulfonamides is 1. The first kappa shape index (κ1) is 22.0. The molecule has 156 valence electrons. The van der Waals surface area contributed by atoms with Gasteiger partial charge in [0, 0.05) is 11.6 Å². The summed E-state index contributed by atoms with van der Waals surface area (Å²) in [4.78, 5) is 11.1. The molecule has 0 saturated carbocycles. The summed E-state index contributed by atoms with van der Waals surface area (Å²) < 4.78 is 28.2. The van der Waals surface area contributed by atoms with Crippen molar-refractivity contribution in [1.29, 1.82) is 0 Å². The van der Waals surface area contributed by atoms with Crippen LogP contribution in [-0.2, 0) is 16.6 Å². The molecule has 0 heterocycles. The molecule has 3 aromatic carbocycles. The van der Waals surface area contributed by atoms with E-state index in [4.69, 9.17) is 16.7 Å². The van der Waals surface area contributed by atoms with Crippen LogP contribution in [0.4, 0.5) is 0 Å². The largest absolute Gasteiger partial charge is 0.478 e. The maximum Gasteiger partial charge on any atom is 0.335 e. The van der Waals surface area contributed by atoms with Crippen molar-refractivity contribution in [2.24, 2.45) is 0 Å². The zero-order chi connectivity index (χ0) is 21.7. The van der Waals surface area contributed by atoms with Gasteiger partial charge in [-0.25, -0.2) is 13.2 Å². The predicted molar refractivity (Wildman–Crippen MR) is 114 cm³/mol. The molecule has 6 nitrogen and oxygen atoms in total. The van der Waals surface area contributed by atoms with Crippen LogP contribution in [0.3, 0.4) is 0 Å². The van der Waals surface area contributed by atoms with Crippen molar-refractivity contribution in [3.8, 4) is 0 Å². The van der Waals surface area contributed by atoms with Gasteiger partial charge < -0.3 is 10.2 Å². The molecule has 8 heteroatoms. The molecule has 2 N–H and O–H groups in total. The molecule has 0 aliphatic carbocycles. The van der Waals surface area contributed by atoms with E-state index >= 15 is 0 Å². The highest BCUT2D eigenvalue weighted by Gasteiger charge is 2.32. The highest BCUT2D eigenvalue weighted by molar-refractivity contribution is 7.89. The standard InChI is InChI=1S/C22H20ClNO5S/c23-19-10-12-20(13-11-19)30(28,29)24(21(15-25)17-4-2-1-3-5-17)14-16-6-8-18(9-7-16)22(26)27/h1-13,21,25H,14-15H2,(H,26,27). The quantitative estimate of drug-likeness (QED) is 0.547. The SMILES string of the molecule is O=C(O)c1ccc(CN(C(CO)c2ccccc2)S(=O)(=O)c2ccc(Cl)cc2)cc1. The topological polar surface area (TPSA) is 94.9 Å². The van der Waals surface area contributed by atoms with Crippen molar-refractivity contribution in [2.45, 2.75) is 17.5 Å². The molecule has 3 aromatic rings. The van der Waals surface area contributed by atoms with Crippen LogP contribution in [0.1, 0.15) is 27.5 Å². The van der Waals surface area contributed by atoms with Crippen molar-refractivity contribution < 1.29 is 23.4 Å². The van der Waals surface area contributed by atoms with Gasteiger partial charge in [0.1, 0.15) is 0 Å². The second kappa shape index (κ2) is 9.40. The number of carbonyl (C=O) groups is 1. The summed E-state index contributed by atoms with van der Waals surface area (Å²) in [5, 5.41) is 19.6. The van der Waals surface area contributed by atoms with Gasteiger partial charge in [0.05, 0.1) is 23.1 Å². The Kier molecular flexibility index (Phi) is 6.89. The Morgan fingerprint density at radius 3 is 2.07 bits per heavy atom. The second-order valence-electron chi connectivity index (χ2n) is 6.62. The number of rotatable bonds is 8. The van der Waals surface area contributed by atoms with E-state index in [9.17, 15) is 18.3 Å². The fourth-order valence-corrected chi connectivity index (χ4v) is 4.79. The van der Waals surface area contributed by atoms with E-state index in [1.165, 1.54) is 40.7 Å². The van der Waals surface area contributed by atoms with Gasteiger partial charge in [-0.3, -0.25) is 0 Å². The number of benzene rings is 3. The summed E-state index contributed by atoms with van der Waals surface area (Å²) in [6, 6.07) is 19.8. The number of carboxylic acid groups (broad SMARTS) is 1. The molecule has 1 atom stereocenters. The van der Waals surface area contributed by atoms with Crippen LogP contribution in [0.15, 0.2) is 83.8 Å². The van der Waals surface area contributed by atoms with Gasteiger partial charge in [-0.15, -0.1) is 0 Å². The zero-order valence-electron chi connectivity index (χ0n) is 15.8. The highest BCUT2D eigenvalue weighted by atomic mass is 35.5. The first-order valence-corrected chi connectivity index (χ1v) is 10.9. The molecule has 3 rings (SSSR count). The number of aliphatic hydroxyl groups is 1. The average Bonchev–Trinajstić information content (AvgIpc) is 2.75. The third-order valence-corrected chi connectivity index (χ3v) is 6.79. The van der Waals surface area contributed by atoms with E-state index < -0.39 is 28.6 Å². The monoisotopic (exact) mass is 445 g/mol. The van der Waals surface area contributed by atoms with Crippen LogP contribution >= 0.6 is 11.6 Å². The second-order valence-corrected chi connectivity index (χ2v) is 8.94. The Labute approximate surface area is 180 Å². The van der Waals surface area contributed by atoms with Gasteiger partial charge in [-0.05, 0) is 47.5 Å². The van der Waals surface area contributed by atoms with Gasteiger partial charge in [0.15, 0.2) is 0 Å². The Morgan fingerprint density at radius 2 is 1.53 bits per heavy atom. The molecule has 30 heavy (non-hydrogen) atoms. The first-order valence-electron chi connectivity index (χ1n) is 9.08. The molecule has 0 spiro atoms. The smallest absolute Gasteiger partial charge is 0.335 e. The van der Waals surface area contributed by atoms with Crippen molar-refractivity contribution in [2.75, 3.05) is 6.61 Å². The lowest BCUT2D eigenvalue weighted by Crippen LogP contribution is -2.36. The number of halogens is 1. The lowest BCUT2D eigenvalue weighted by Gasteiger charge is -2.30. The predicted octanol–water partition coefficient (Wildman–Crippen LogP) is 3.96. The molecular formula is C22H20ClNO5S. The minimum Gasteiger partial charge on any atom is -0.478 e. The third-order valence-electron chi connectivity index (χ3n) is 4.66. The molecule has 0 saturated heterocycles. The molecule has 1 unspecified atom stereocenters. The van der Waals surface area contributed by atoms with Crippen molar-refractivity contribution in [1.82, 2.24) is 4.31 Å². The van der Waals surface area contributed by atoms with Crippen LogP contribution in [0.2, 0.25) is 5.02 Å². The maximum absolute atomic E-state index is 13.5. The van der Waals surface area contributed by atoms with Crippen LogP contribution in [0.5, 0.6) is 0 Å². The van der Waals surface area contributed by atoms with E-state index in [0.717, 1.165) is 0 Å². The van der Waals surface area contributed by atoms with Crippen LogP contribution in [-0.4, -0.2) is 35.5 Å². The Hall–Kier alpha value is -2.71. The molecule has 0 radical (unpaired) electrons. The number of hydrogen-bond donors (Lipinski definition) is 2. The van der Waals surface area contributed by atoms with Crippen molar-refractivity contribution in [3.63, 3.8) is 0 Å². The molecule has 0 aromatic heterocycles. The van der Waals surface area contributed by atoms with Gasteiger partial charge in [-0.1, -0.05) is 54.1 Å². The summed E-state index contributed by atoms with van der Waals surface area (Å²) in [5.41, 5.74) is 1.33. The lowest BCUT2D eigenvalue weighted by atomic mass is 10.1. The maximum atomic E-state index is 13.5. The summed E-state index contributed by atoms with van der Waals surface area (Å²) in [6.07, 6.45) is 0. The van der Waals surface area contributed by atoms with Crippen LogP contribution in [0, 0.1) is 0 Å². The molecule has 0 fully saturated rings. The van der Waals surface area contributed by atoms with E-state index in [0.29, 0.717) is 16.1 Å². The zero-order valence-corrected chi connectivity index (χ0v) is 17.4. The van der Waals surface area contributed by atoms with Crippen LogP contribution in [0.25, 0.3) is 0 Å². The highest BCUT2D eigenvalue weighted by Crippen LogP contribution is 2.30. The third kappa shape index (κ3) is 4.88. The van der Waals surface area contributed by atoms with Gasteiger partial charge >= 0.3 is 5.97 Å². The van der Waals surface area contributed by atoms with Gasteiger partial charge in [0.2, 0.25) is 10.0 Å².